The topological polar surface area (TPSA) is 35.5 Å². The number of aliphatic hydroxyl groups is 1. The quantitative estimate of drug-likeness (QED) is 0.657. The second-order valence-corrected chi connectivity index (χ2v) is 5.22. The number of piperazine rings is 1. The van der Waals surface area contributed by atoms with Crippen molar-refractivity contribution in [1.82, 2.24) is 10.2 Å². The molecule has 0 aromatic carbocycles. The molecule has 1 heterocycles. The molecule has 1 aliphatic rings. The van der Waals surface area contributed by atoms with Crippen LogP contribution in [0.15, 0.2) is 0 Å². The Bertz CT molecular complexity index is 172. The summed E-state index contributed by atoms with van der Waals surface area (Å²) < 4.78 is 0. The van der Waals surface area contributed by atoms with E-state index in [1.807, 2.05) is 13.8 Å². The van der Waals surface area contributed by atoms with Crippen LogP contribution in [0, 0.1) is 0 Å². The largest absolute Gasteiger partial charge is 0.389 e. The predicted octanol–water partition coefficient (Wildman–Crippen LogP) is 0.441. The summed E-state index contributed by atoms with van der Waals surface area (Å²) in [6, 6.07) is 0. The first kappa shape index (κ1) is 11.0. The highest BCUT2D eigenvalue weighted by molar-refractivity contribution is 4.90. The Morgan fingerprint density at radius 2 is 2.08 bits per heavy atom. The van der Waals surface area contributed by atoms with E-state index >= 15 is 0 Å². The number of β-amino-alcohol motifs (C(OH)–C–C–N with tert-alkyl or cyclic N) is 1. The fourth-order valence-corrected chi connectivity index (χ4v) is 1.78. The van der Waals surface area contributed by atoms with Crippen LogP contribution in [-0.4, -0.2) is 47.3 Å². The zero-order valence-corrected chi connectivity index (χ0v) is 9.22. The van der Waals surface area contributed by atoms with Crippen molar-refractivity contribution in [1.29, 1.82) is 0 Å². The Morgan fingerprint density at radius 3 is 2.54 bits per heavy atom. The lowest BCUT2D eigenvalue weighted by Crippen LogP contribution is -2.60. The third kappa shape index (κ3) is 3.25. The molecular formula is C10H22N2O. The number of hydrogen-bond acceptors (Lipinski definition) is 3. The lowest BCUT2D eigenvalue weighted by Gasteiger charge is -2.45. The lowest BCUT2D eigenvalue weighted by molar-refractivity contribution is -0.0110. The normalized spacial score (nSPS) is 24.7. The molecule has 0 bridgehead atoms. The Labute approximate surface area is 81.1 Å². The van der Waals surface area contributed by atoms with Gasteiger partial charge in [-0.05, 0) is 27.7 Å². The maximum absolute atomic E-state index is 9.74. The van der Waals surface area contributed by atoms with Gasteiger partial charge in [0.1, 0.15) is 0 Å². The molecule has 1 aliphatic heterocycles. The first-order chi connectivity index (χ1) is 5.81. The van der Waals surface area contributed by atoms with Crippen molar-refractivity contribution in [3.63, 3.8) is 0 Å². The average molecular weight is 186 g/mol. The van der Waals surface area contributed by atoms with Gasteiger partial charge in [-0.25, -0.2) is 0 Å². The van der Waals surface area contributed by atoms with E-state index < -0.39 is 5.60 Å². The van der Waals surface area contributed by atoms with Gasteiger partial charge in [0.25, 0.3) is 0 Å². The van der Waals surface area contributed by atoms with Crippen LogP contribution in [0.4, 0.5) is 0 Å². The van der Waals surface area contributed by atoms with Gasteiger partial charge in [-0.15, -0.1) is 0 Å². The summed E-state index contributed by atoms with van der Waals surface area (Å²) in [6.07, 6.45) is 0. The van der Waals surface area contributed by atoms with E-state index in [0.717, 1.165) is 26.2 Å². The minimum atomic E-state index is -0.589. The number of nitrogens with one attached hydrogen (secondary N) is 1. The van der Waals surface area contributed by atoms with E-state index in [-0.39, 0.29) is 5.54 Å². The van der Waals surface area contributed by atoms with Crippen LogP contribution < -0.4 is 5.32 Å². The number of rotatable bonds is 2. The maximum atomic E-state index is 9.74. The van der Waals surface area contributed by atoms with Crippen molar-refractivity contribution in [3.05, 3.63) is 0 Å². The minimum Gasteiger partial charge on any atom is -0.389 e. The lowest BCUT2D eigenvalue weighted by atomic mass is 9.97. The zero-order chi connectivity index (χ0) is 10.1. The van der Waals surface area contributed by atoms with Gasteiger partial charge in [-0.1, -0.05) is 0 Å². The van der Waals surface area contributed by atoms with E-state index in [4.69, 9.17) is 0 Å². The van der Waals surface area contributed by atoms with Gasteiger partial charge in [0.2, 0.25) is 0 Å². The van der Waals surface area contributed by atoms with E-state index in [0.29, 0.717) is 0 Å². The Balaban J connectivity index is 2.56. The average Bonchev–Trinajstić information content (AvgIpc) is 1.91. The maximum Gasteiger partial charge on any atom is 0.0718 e. The fraction of sp³-hybridized carbons (Fsp3) is 1.00. The molecule has 1 saturated heterocycles. The summed E-state index contributed by atoms with van der Waals surface area (Å²) in [6.45, 7) is 12.0. The molecule has 1 rings (SSSR count). The molecule has 13 heavy (non-hydrogen) atoms. The minimum absolute atomic E-state index is 0.165. The molecule has 0 radical (unpaired) electrons. The van der Waals surface area contributed by atoms with Gasteiger partial charge in [-0.3, -0.25) is 4.90 Å². The molecule has 0 aromatic heterocycles. The number of nitrogens with zero attached hydrogens (tertiary/aromatic N) is 1. The van der Waals surface area contributed by atoms with Gasteiger partial charge in [0.05, 0.1) is 5.60 Å². The molecule has 0 amide bonds. The van der Waals surface area contributed by atoms with Crippen LogP contribution in [0.25, 0.3) is 0 Å². The second kappa shape index (κ2) is 3.56. The molecule has 3 nitrogen and oxygen atoms in total. The zero-order valence-electron chi connectivity index (χ0n) is 9.22. The Hall–Kier alpha value is -0.120. The second-order valence-electron chi connectivity index (χ2n) is 5.22. The standard InChI is InChI=1S/C10H22N2O/c1-9(2)7-11-5-6-12(9)8-10(3,4)13/h11,13H,5-8H2,1-4H3. The third-order valence-electron chi connectivity index (χ3n) is 2.55. The summed E-state index contributed by atoms with van der Waals surface area (Å²) in [5.41, 5.74) is -0.424. The van der Waals surface area contributed by atoms with Gasteiger partial charge < -0.3 is 10.4 Å². The first-order valence-electron chi connectivity index (χ1n) is 4.99. The molecule has 2 N–H and O–H groups in total. The highest BCUT2D eigenvalue weighted by Crippen LogP contribution is 2.18. The van der Waals surface area contributed by atoms with Crippen LogP contribution >= 0.6 is 0 Å². The van der Waals surface area contributed by atoms with E-state index in [1.54, 1.807) is 0 Å². The van der Waals surface area contributed by atoms with Crippen molar-refractivity contribution in [2.75, 3.05) is 26.2 Å². The Morgan fingerprint density at radius 1 is 1.46 bits per heavy atom. The molecule has 1 fully saturated rings. The summed E-state index contributed by atoms with van der Waals surface area (Å²) in [5, 5.41) is 13.1. The molecule has 0 atom stereocenters. The van der Waals surface area contributed by atoms with Gasteiger partial charge >= 0.3 is 0 Å². The summed E-state index contributed by atoms with van der Waals surface area (Å²) in [7, 11) is 0. The molecule has 0 aromatic rings. The monoisotopic (exact) mass is 186 g/mol. The van der Waals surface area contributed by atoms with Crippen molar-refractivity contribution >= 4 is 0 Å². The van der Waals surface area contributed by atoms with Crippen LogP contribution in [0.1, 0.15) is 27.7 Å². The first-order valence-corrected chi connectivity index (χ1v) is 4.99. The molecule has 78 valence electrons. The molecule has 0 spiro atoms. The fourth-order valence-electron chi connectivity index (χ4n) is 1.78. The molecule has 3 heteroatoms. The SMILES string of the molecule is CC(C)(O)CN1CCNCC1(C)C. The van der Waals surface area contributed by atoms with Crippen LogP contribution in [0.5, 0.6) is 0 Å². The summed E-state index contributed by atoms with van der Waals surface area (Å²) in [4.78, 5) is 2.35. The van der Waals surface area contributed by atoms with Crippen LogP contribution in [-0.2, 0) is 0 Å². The molecule has 0 unspecified atom stereocenters. The number of hydrogen-bond donors (Lipinski definition) is 2. The van der Waals surface area contributed by atoms with Gasteiger partial charge in [0, 0.05) is 31.7 Å². The van der Waals surface area contributed by atoms with E-state index in [1.165, 1.54) is 0 Å². The smallest absolute Gasteiger partial charge is 0.0718 e. The third-order valence-corrected chi connectivity index (χ3v) is 2.55. The molecule has 0 aliphatic carbocycles. The predicted molar refractivity (Wildman–Crippen MR) is 54.8 cm³/mol. The van der Waals surface area contributed by atoms with Crippen molar-refractivity contribution < 1.29 is 5.11 Å². The molecular weight excluding hydrogens is 164 g/mol. The molecule has 0 saturated carbocycles. The van der Waals surface area contributed by atoms with Gasteiger partial charge in [-0.2, -0.15) is 0 Å². The van der Waals surface area contributed by atoms with Gasteiger partial charge in [0.15, 0.2) is 0 Å². The van der Waals surface area contributed by atoms with Crippen LogP contribution in [0.3, 0.4) is 0 Å². The summed E-state index contributed by atoms with van der Waals surface area (Å²) >= 11 is 0. The van der Waals surface area contributed by atoms with Crippen molar-refractivity contribution in [2.24, 2.45) is 0 Å². The summed E-state index contributed by atoms with van der Waals surface area (Å²) in [5.74, 6) is 0. The van der Waals surface area contributed by atoms with E-state index in [2.05, 4.69) is 24.1 Å². The van der Waals surface area contributed by atoms with Crippen molar-refractivity contribution in [2.45, 2.75) is 38.8 Å². The van der Waals surface area contributed by atoms with Crippen molar-refractivity contribution in [3.8, 4) is 0 Å². The van der Waals surface area contributed by atoms with E-state index in [9.17, 15) is 5.11 Å². The van der Waals surface area contributed by atoms with Crippen LogP contribution in [0.2, 0.25) is 0 Å². The highest BCUT2D eigenvalue weighted by atomic mass is 16.3. The Kier molecular flexibility index (Phi) is 3.00. The highest BCUT2D eigenvalue weighted by Gasteiger charge is 2.32.